The molecule has 8 heteroatoms. The van der Waals surface area contributed by atoms with Gasteiger partial charge in [0.1, 0.15) is 15.8 Å². The normalized spacial score (nSPS) is 15.5. The Balaban J connectivity index is 1.64. The SMILES string of the molecule is CC(C)Oc1ccc(-c2nnc(-c3cccc4c3CCC[C@H]4NC(=O)CN)s2)cc1N. The molecule has 31 heavy (non-hydrogen) atoms. The Morgan fingerprint density at radius 1 is 1.26 bits per heavy atom. The quantitative estimate of drug-likeness (QED) is 0.507. The van der Waals surface area contributed by atoms with Crippen molar-refractivity contribution in [3.63, 3.8) is 0 Å². The van der Waals surface area contributed by atoms with Crippen LogP contribution < -0.4 is 21.5 Å². The first-order chi connectivity index (χ1) is 15.0. The van der Waals surface area contributed by atoms with Crippen molar-refractivity contribution in [2.75, 3.05) is 12.3 Å². The third kappa shape index (κ3) is 4.55. The Morgan fingerprint density at radius 2 is 2.06 bits per heavy atom. The molecule has 4 rings (SSSR count). The van der Waals surface area contributed by atoms with Crippen molar-refractivity contribution >= 4 is 22.9 Å². The van der Waals surface area contributed by atoms with Crippen LogP contribution in [0.2, 0.25) is 0 Å². The molecule has 0 spiro atoms. The summed E-state index contributed by atoms with van der Waals surface area (Å²) in [5.41, 5.74) is 16.6. The molecule has 162 valence electrons. The summed E-state index contributed by atoms with van der Waals surface area (Å²) < 4.78 is 5.72. The Bertz CT molecular complexity index is 1100. The highest BCUT2D eigenvalue weighted by Crippen LogP contribution is 2.39. The molecule has 0 saturated heterocycles. The number of amides is 1. The van der Waals surface area contributed by atoms with Gasteiger partial charge in [-0.1, -0.05) is 29.5 Å². The zero-order valence-corrected chi connectivity index (χ0v) is 18.5. The molecule has 2 aromatic carbocycles. The maximum absolute atomic E-state index is 11.8. The van der Waals surface area contributed by atoms with Crippen LogP contribution in [0.1, 0.15) is 43.9 Å². The van der Waals surface area contributed by atoms with E-state index in [-0.39, 0.29) is 24.6 Å². The van der Waals surface area contributed by atoms with E-state index in [1.165, 1.54) is 16.9 Å². The number of fused-ring (bicyclic) bond motifs is 1. The highest BCUT2D eigenvalue weighted by molar-refractivity contribution is 7.17. The van der Waals surface area contributed by atoms with Crippen LogP contribution in [0.5, 0.6) is 5.75 Å². The molecule has 1 heterocycles. The molecule has 7 nitrogen and oxygen atoms in total. The second-order valence-corrected chi connectivity index (χ2v) is 8.90. The molecule has 1 aliphatic rings. The van der Waals surface area contributed by atoms with Gasteiger partial charge in [0.15, 0.2) is 0 Å². The second kappa shape index (κ2) is 9.03. The molecule has 0 aliphatic heterocycles. The number of nitrogens with one attached hydrogen (secondary N) is 1. The van der Waals surface area contributed by atoms with Gasteiger partial charge in [0.2, 0.25) is 5.91 Å². The number of aromatic nitrogens is 2. The predicted molar refractivity (Wildman–Crippen MR) is 124 cm³/mol. The summed E-state index contributed by atoms with van der Waals surface area (Å²) in [5, 5.41) is 13.6. The first-order valence-electron chi connectivity index (χ1n) is 10.5. The van der Waals surface area contributed by atoms with Gasteiger partial charge in [-0.3, -0.25) is 4.79 Å². The Hall–Kier alpha value is -2.97. The molecule has 1 amide bonds. The largest absolute Gasteiger partial charge is 0.489 e. The Morgan fingerprint density at radius 3 is 2.81 bits per heavy atom. The fourth-order valence-electron chi connectivity index (χ4n) is 3.94. The number of carbonyl (C=O) groups is 1. The Kier molecular flexibility index (Phi) is 6.20. The minimum Gasteiger partial charge on any atom is -0.489 e. The van der Waals surface area contributed by atoms with E-state index in [1.54, 1.807) is 0 Å². The van der Waals surface area contributed by atoms with E-state index >= 15 is 0 Å². The summed E-state index contributed by atoms with van der Waals surface area (Å²) in [7, 11) is 0. The van der Waals surface area contributed by atoms with Crippen LogP contribution in [0.4, 0.5) is 5.69 Å². The molecule has 5 N–H and O–H groups in total. The monoisotopic (exact) mass is 437 g/mol. The predicted octanol–water partition coefficient (Wildman–Crippen LogP) is 3.69. The van der Waals surface area contributed by atoms with Gasteiger partial charge in [-0.2, -0.15) is 0 Å². The lowest BCUT2D eigenvalue weighted by Gasteiger charge is -2.27. The summed E-state index contributed by atoms with van der Waals surface area (Å²) >= 11 is 1.53. The summed E-state index contributed by atoms with van der Waals surface area (Å²) in [6.07, 6.45) is 2.92. The van der Waals surface area contributed by atoms with E-state index in [0.717, 1.165) is 46.0 Å². The van der Waals surface area contributed by atoms with Gasteiger partial charge in [0, 0.05) is 11.1 Å². The topological polar surface area (TPSA) is 116 Å². The standard InChI is InChI=1S/C23H27N5O2S/c1-13(2)30-20-10-9-14(11-18(20)25)22-27-28-23(31-22)17-7-3-6-16-15(17)5-4-8-19(16)26-21(29)12-24/h3,6-7,9-11,13,19H,4-5,8,12,24-25H2,1-2H3,(H,26,29)/t19-/m1/s1. The number of hydrogen-bond acceptors (Lipinski definition) is 7. The number of nitrogen functional groups attached to an aromatic ring is 1. The molecule has 1 aliphatic carbocycles. The van der Waals surface area contributed by atoms with E-state index in [0.29, 0.717) is 11.4 Å². The number of benzene rings is 2. The van der Waals surface area contributed by atoms with E-state index < -0.39 is 0 Å². The molecule has 3 aromatic rings. The number of anilines is 1. The van der Waals surface area contributed by atoms with Gasteiger partial charge in [0.25, 0.3) is 0 Å². The molecule has 0 saturated carbocycles. The van der Waals surface area contributed by atoms with Crippen molar-refractivity contribution in [2.45, 2.75) is 45.3 Å². The fraction of sp³-hybridized carbons (Fsp3) is 0.348. The average molecular weight is 438 g/mol. The van der Waals surface area contributed by atoms with E-state index in [9.17, 15) is 4.79 Å². The minimum absolute atomic E-state index is 0.00455. The molecule has 1 aromatic heterocycles. The highest BCUT2D eigenvalue weighted by Gasteiger charge is 2.25. The van der Waals surface area contributed by atoms with Gasteiger partial charge in [-0.15, -0.1) is 10.2 Å². The lowest BCUT2D eigenvalue weighted by molar-refractivity contribution is -0.120. The van der Waals surface area contributed by atoms with E-state index in [4.69, 9.17) is 16.2 Å². The molecule has 0 radical (unpaired) electrons. The number of nitrogens with two attached hydrogens (primary N) is 2. The number of carbonyl (C=O) groups excluding carboxylic acids is 1. The van der Waals surface area contributed by atoms with E-state index in [1.807, 2.05) is 38.1 Å². The Labute approximate surface area is 185 Å². The smallest absolute Gasteiger partial charge is 0.234 e. The van der Waals surface area contributed by atoms with Gasteiger partial charge < -0.3 is 21.5 Å². The van der Waals surface area contributed by atoms with Gasteiger partial charge in [0.05, 0.1) is 24.4 Å². The number of nitrogens with zero attached hydrogens (tertiary/aromatic N) is 2. The van der Waals surface area contributed by atoms with Crippen LogP contribution in [0.25, 0.3) is 21.1 Å². The van der Waals surface area contributed by atoms with Crippen LogP contribution in [0.15, 0.2) is 36.4 Å². The molecule has 0 bridgehead atoms. The number of hydrogen-bond donors (Lipinski definition) is 3. The first kappa shape index (κ1) is 21.3. The molecule has 1 atom stereocenters. The second-order valence-electron chi connectivity index (χ2n) is 7.92. The maximum Gasteiger partial charge on any atom is 0.234 e. The molecular formula is C23H27N5O2S. The van der Waals surface area contributed by atoms with Crippen LogP contribution in [-0.4, -0.2) is 28.8 Å². The highest BCUT2D eigenvalue weighted by atomic mass is 32.1. The summed E-state index contributed by atoms with van der Waals surface area (Å²) in [4.78, 5) is 11.8. The summed E-state index contributed by atoms with van der Waals surface area (Å²) in [6, 6.07) is 11.9. The van der Waals surface area contributed by atoms with Crippen LogP contribution in [0, 0.1) is 0 Å². The molecule has 0 unspecified atom stereocenters. The zero-order valence-electron chi connectivity index (χ0n) is 17.7. The molecular weight excluding hydrogens is 410 g/mol. The number of ether oxygens (including phenoxy) is 1. The van der Waals surface area contributed by atoms with Gasteiger partial charge >= 0.3 is 0 Å². The van der Waals surface area contributed by atoms with Crippen molar-refractivity contribution in [1.82, 2.24) is 15.5 Å². The third-order valence-electron chi connectivity index (χ3n) is 5.30. The molecule has 0 fully saturated rings. The number of rotatable bonds is 6. The third-order valence-corrected chi connectivity index (χ3v) is 6.31. The van der Waals surface area contributed by atoms with Crippen molar-refractivity contribution < 1.29 is 9.53 Å². The van der Waals surface area contributed by atoms with Crippen molar-refractivity contribution in [3.05, 3.63) is 47.5 Å². The van der Waals surface area contributed by atoms with Crippen LogP contribution in [-0.2, 0) is 11.2 Å². The minimum atomic E-state index is -0.135. The maximum atomic E-state index is 11.8. The first-order valence-corrected chi connectivity index (χ1v) is 11.3. The lowest BCUT2D eigenvalue weighted by Crippen LogP contribution is -2.35. The van der Waals surface area contributed by atoms with Gasteiger partial charge in [-0.05, 0) is 62.4 Å². The van der Waals surface area contributed by atoms with Crippen molar-refractivity contribution in [2.24, 2.45) is 5.73 Å². The zero-order chi connectivity index (χ0) is 22.0. The van der Waals surface area contributed by atoms with Crippen molar-refractivity contribution in [3.8, 4) is 26.9 Å². The summed E-state index contributed by atoms with van der Waals surface area (Å²) in [6.45, 7) is 3.93. The lowest BCUT2D eigenvalue weighted by atomic mass is 9.85. The summed E-state index contributed by atoms with van der Waals surface area (Å²) in [5.74, 6) is 0.537. The average Bonchev–Trinajstić information content (AvgIpc) is 3.24. The van der Waals surface area contributed by atoms with Crippen LogP contribution >= 0.6 is 11.3 Å². The van der Waals surface area contributed by atoms with E-state index in [2.05, 4.69) is 27.6 Å². The van der Waals surface area contributed by atoms with Crippen LogP contribution in [0.3, 0.4) is 0 Å². The van der Waals surface area contributed by atoms with Crippen molar-refractivity contribution in [1.29, 1.82) is 0 Å². The fourth-order valence-corrected chi connectivity index (χ4v) is 4.84. The van der Waals surface area contributed by atoms with Gasteiger partial charge in [-0.25, -0.2) is 0 Å².